The summed E-state index contributed by atoms with van der Waals surface area (Å²) in [4.78, 5) is 0. The molecule has 0 heterocycles. The molecule has 1 aromatic rings. The Balaban J connectivity index is 2.98. The van der Waals surface area contributed by atoms with Crippen molar-refractivity contribution >= 4 is 0 Å². The zero-order valence-corrected chi connectivity index (χ0v) is 9.64. The van der Waals surface area contributed by atoms with Crippen LogP contribution < -0.4 is 0 Å². The minimum absolute atomic E-state index is 0.371. The second kappa shape index (κ2) is 5.19. The molecule has 0 nitrogen and oxygen atoms in total. The number of hydrogen-bond acceptors (Lipinski definition) is 0. The van der Waals surface area contributed by atoms with Crippen LogP contribution in [0.3, 0.4) is 0 Å². The molecular weight excluding hydrogens is 168 g/mol. The average molecular weight is 189 g/mol. The summed E-state index contributed by atoms with van der Waals surface area (Å²) in [6.45, 7) is 6.85. The minimum Gasteiger partial charge on any atom is -0.0654 e. The van der Waals surface area contributed by atoms with Crippen LogP contribution in [0.5, 0.6) is 0 Å². The van der Waals surface area contributed by atoms with Crippen molar-refractivity contribution in [3.63, 3.8) is 0 Å². The highest BCUT2D eigenvalue weighted by atomic mass is 14.3. The van der Waals surface area contributed by atoms with Crippen LogP contribution in [-0.4, -0.2) is 0 Å². The molecule has 0 atom stereocenters. The third-order valence-electron chi connectivity index (χ3n) is 3.36. The standard InChI is InChI=1S/C14H21/c1-4-12-14(5-2,6-3)13-10-8-7-9-11-13/h7-10H,4-6,12H2,1-3H3. The summed E-state index contributed by atoms with van der Waals surface area (Å²) in [5.74, 6) is 0. The normalized spacial score (nSPS) is 11.6. The Bertz CT molecular complexity index is 244. The largest absolute Gasteiger partial charge is 0.0654 e. The predicted molar refractivity (Wildman–Crippen MR) is 62.4 cm³/mol. The van der Waals surface area contributed by atoms with Crippen molar-refractivity contribution in [3.8, 4) is 0 Å². The fraction of sp³-hybridized carbons (Fsp3) is 0.571. The number of benzene rings is 1. The van der Waals surface area contributed by atoms with Crippen molar-refractivity contribution in [1.29, 1.82) is 0 Å². The van der Waals surface area contributed by atoms with Crippen molar-refractivity contribution in [2.75, 3.05) is 0 Å². The maximum atomic E-state index is 3.40. The Morgan fingerprint density at radius 1 is 1.14 bits per heavy atom. The van der Waals surface area contributed by atoms with E-state index in [-0.39, 0.29) is 0 Å². The summed E-state index contributed by atoms with van der Waals surface area (Å²) < 4.78 is 0. The maximum absolute atomic E-state index is 3.40. The molecule has 0 N–H and O–H groups in total. The molecule has 14 heavy (non-hydrogen) atoms. The lowest BCUT2D eigenvalue weighted by Crippen LogP contribution is -2.24. The summed E-state index contributed by atoms with van der Waals surface area (Å²) in [5.41, 5.74) is 1.77. The molecule has 0 unspecified atom stereocenters. The first-order valence-corrected chi connectivity index (χ1v) is 5.76. The molecule has 0 aliphatic rings. The van der Waals surface area contributed by atoms with Gasteiger partial charge in [0.15, 0.2) is 0 Å². The topological polar surface area (TPSA) is 0 Å². The molecule has 77 valence electrons. The lowest BCUT2D eigenvalue weighted by Gasteiger charge is -2.31. The highest BCUT2D eigenvalue weighted by Gasteiger charge is 2.26. The van der Waals surface area contributed by atoms with E-state index >= 15 is 0 Å². The average Bonchev–Trinajstić information content (AvgIpc) is 2.27. The predicted octanol–water partition coefficient (Wildman–Crippen LogP) is 4.34. The first kappa shape index (κ1) is 11.3. The molecule has 0 fully saturated rings. The van der Waals surface area contributed by atoms with Crippen LogP contribution in [0.15, 0.2) is 24.3 Å². The Morgan fingerprint density at radius 2 is 1.86 bits per heavy atom. The van der Waals surface area contributed by atoms with Crippen LogP contribution in [0.25, 0.3) is 0 Å². The molecule has 0 saturated carbocycles. The van der Waals surface area contributed by atoms with E-state index in [0.717, 1.165) is 0 Å². The summed E-state index contributed by atoms with van der Waals surface area (Å²) in [6.07, 6.45) is 4.97. The van der Waals surface area contributed by atoms with E-state index in [1.807, 2.05) is 12.1 Å². The molecule has 0 saturated heterocycles. The molecule has 0 aromatic heterocycles. The molecule has 1 aromatic carbocycles. The third-order valence-corrected chi connectivity index (χ3v) is 3.36. The van der Waals surface area contributed by atoms with Crippen LogP contribution in [0.2, 0.25) is 0 Å². The lowest BCUT2D eigenvalue weighted by molar-refractivity contribution is 0.361. The fourth-order valence-corrected chi connectivity index (χ4v) is 2.32. The van der Waals surface area contributed by atoms with Gasteiger partial charge in [-0.2, -0.15) is 0 Å². The van der Waals surface area contributed by atoms with Gasteiger partial charge in [-0.1, -0.05) is 51.5 Å². The zero-order chi connectivity index (χ0) is 10.4. The fourth-order valence-electron chi connectivity index (χ4n) is 2.32. The van der Waals surface area contributed by atoms with Crippen LogP contribution >= 0.6 is 0 Å². The van der Waals surface area contributed by atoms with Gasteiger partial charge in [-0.25, -0.2) is 0 Å². The first-order chi connectivity index (χ1) is 6.79. The molecule has 0 spiro atoms. The van der Waals surface area contributed by atoms with Gasteiger partial charge in [0.2, 0.25) is 0 Å². The maximum Gasteiger partial charge on any atom is -0.00462 e. The van der Waals surface area contributed by atoms with Gasteiger partial charge < -0.3 is 0 Å². The molecule has 0 aliphatic heterocycles. The Kier molecular flexibility index (Phi) is 4.19. The van der Waals surface area contributed by atoms with Gasteiger partial charge in [0.1, 0.15) is 0 Å². The molecule has 0 aliphatic carbocycles. The van der Waals surface area contributed by atoms with Crippen LogP contribution in [0.1, 0.15) is 52.0 Å². The van der Waals surface area contributed by atoms with Gasteiger partial charge in [-0.05, 0) is 36.3 Å². The van der Waals surface area contributed by atoms with Gasteiger partial charge in [0, 0.05) is 0 Å². The van der Waals surface area contributed by atoms with Crippen molar-refractivity contribution in [1.82, 2.24) is 0 Å². The van der Waals surface area contributed by atoms with E-state index in [1.165, 1.54) is 31.2 Å². The van der Waals surface area contributed by atoms with E-state index in [9.17, 15) is 0 Å². The molecule has 0 heteroatoms. The van der Waals surface area contributed by atoms with E-state index in [4.69, 9.17) is 0 Å². The van der Waals surface area contributed by atoms with E-state index in [1.54, 1.807) is 0 Å². The van der Waals surface area contributed by atoms with Crippen molar-refractivity contribution in [2.45, 2.75) is 51.9 Å². The molecule has 1 rings (SSSR count). The van der Waals surface area contributed by atoms with E-state index < -0.39 is 0 Å². The Morgan fingerprint density at radius 3 is 2.29 bits per heavy atom. The monoisotopic (exact) mass is 189 g/mol. The number of rotatable bonds is 5. The SMILES string of the molecule is CCCC(CC)(CC)c1[c]cccc1. The van der Waals surface area contributed by atoms with Crippen molar-refractivity contribution in [2.24, 2.45) is 0 Å². The summed E-state index contributed by atoms with van der Waals surface area (Å²) in [5, 5.41) is 0. The third kappa shape index (κ3) is 2.17. The molecular formula is C14H21. The smallest absolute Gasteiger partial charge is 0.00462 e. The van der Waals surface area contributed by atoms with E-state index in [2.05, 4.69) is 39.0 Å². The Hall–Kier alpha value is -0.780. The molecule has 0 bridgehead atoms. The van der Waals surface area contributed by atoms with Crippen LogP contribution in [-0.2, 0) is 5.41 Å². The van der Waals surface area contributed by atoms with Crippen LogP contribution in [0, 0.1) is 6.07 Å². The van der Waals surface area contributed by atoms with Gasteiger partial charge in [-0.15, -0.1) is 0 Å². The summed E-state index contributed by atoms with van der Waals surface area (Å²) in [7, 11) is 0. The van der Waals surface area contributed by atoms with Crippen molar-refractivity contribution < 1.29 is 0 Å². The second-order valence-corrected chi connectivity index (χ2v) is 4.01. The first-order valence-electron chi connectivity index (χ1n) is 5.76. The lowest BCUT2D eigenvalue weighted by atomic mass is 9.73. The summed E-state index contributed by atoms with van der Waals surface area (Å²) in [6, 6.07) is 11.8. The molecule has 0 amide bonds. The van der Waals surface area contributed by atoms with Gasteiger partial charge in [-0.3, -0.25) is 0 Å². The highest BCUT2D eigenvalue weighted by Crippen LogP contribution is 2.35. The van der Waals surface area contributed by atoms with Gasteiger partial charge in [0.25, 0.3) is 0 Å². The zero-order valence-electron chi connectivity index (χ0n) is 9.64. The highest BCUT2D eigenvalue weighted by molar-refractivity contribution is 5.23. The number of hydrogen-bond donors (Lipinski definition) is 0. The minimum atomic E-state index is 0.371. The Labute approximate surface area is 88.4 Å². The molecule has 1 radical (unpaired) electrons. The van der Waals surface area contributed by atoms with E-state index in [0.29, 0.717) is 5.41 Å². The van der Waals surface area contributed by atoms with Gasteiger partial charge >= 0.3 is 0 Å². The van der Waals surface area contributed by atoms with Crippen molar-refractivity contribution in [3.05, 3.63) is 35.9 Å². The second-order valence-electron chi connectivity index (χ2n) is 4.01. The quantitative estimate of drug-likeness (QED) is 0.646. The van der Waals surface area contributed by atoms with Crippen LogP contribution in [0.4, 0.5) is 0 Å². The van der Waals surface area contributed by atoms with Gasteiger partial charge in [0.05, 0.1) is 0 Å². The summed E-state index contributed by atoms with van der Waals surface area (Å²) >= 11 is 0.